The first kappa shape index (κ1) is 25.4. The van der Waals surface area contributed by atoms with Crippen LogP contribution in [0, 0.1) is 13.8 Å². The van der Waals surface area contributed by atoms with Crippen LogP contribution in [-0.2, 0) is 14.4 Å². The third kappa shape index (κ3) is 4.31. The lowest BCUT2D eigenvalue weighted by Crippen LogP contribution is -2.44. The summed E-state index contributed by atoms with van der Waals surface area (Å²) in [5.41, 5.74) is 5.38. The van der Waals surface area contributed by atoms with Gasteiger partial charge >= 0.3 is 0 Å². The summed E-state index contributed by atoms with van der Waals surface area (Å²) in [5, 5.41) is 15.7. The number of carbonyl (C=O) groups excluding carboxylic acids is 3. The number of para-hydroxylation sites is 1. The first-order valence-electron chi connectivity index (χ1n) is 13.1. The number of ether oxygens (including phenoxy) is 1. The van der Waals surface area contributed by atoms with Gasteiger partial charge in [-0.25, -0.2) is 9.91 Å². The number of aryl methyl sites for hydroxylation is 2. The van der Waals surface area contributed by atoms with E-state index in [2.05, 4.69) is 16.4 Å². The van der Waals surface area contributed by atoms with Crippen molar-refractivity contribution < 1.29 is 19.1 Å². The fraction of sp³-hybridized carbons (Fsp3) is 0.267. The highest BCUT2D eigenvalue weighted by Crippen LogP contribution is 2.36. The predicted octanol–water partition coefficient (Wildman–Crippen LogP) is 3.98. The summed E-state index contributed by atoms with van der Waals surface area (Å²) >= 11 is 0. The average Bonchev–Trinajstić information content (AvgIpc) is 3.64. The Morgan fingerprint density at radius 1 is 0.975 bits per heavy atom. The molecular formula is C30H28N6O4. The monoisotopic (exact) mass is 536 g/mol. The standard InChI is InChI=1S/C30H28N6O4/c1-18-9-14-23(19(2)15-18)24-16-25(20-10-12-22(40-3)13-11-20)36(32-24)26(37)17-34-28-27(31-33-34)29(38)35(30(28)39)21-7-5-4-6-8-21/h4-15,25,27-28H,16-17H2,1-3H3/t25-,27-,28+/m0/s1. The molecule has 3 aliphatic heterocycles. The molecule has 202 valence electrons. The Bertz CT molecular complexity index is 1550. The summed E-state index contributed by atoms with van der Waals surface area (Å²) in [5.74, 6) is -0.538. The number of benzene rings is 3. The summed E-state index contributed by atoms with van der Waals surface area (Å²) in [6.07, 6.45) is 0.523. The topological polar surface area (TPSA) is 107 Å². The van der Waals surface area contributed by atoms with Gasteiger partial charge in [0.1, 0.15) is 12.3 Å². The summed E-state index contributed by atoms with van der Waals surface area (Å²) < 4.78 is 5.31. The number of hydrogen-bond acceptors (Lipinski definition) is 8. The zero-order valence-electron chi connectivity index (χ0n) is 22.4. The number of hydrogen-bond donors (Lipinski definition) is 0. The van der Waals surface area contributed by atoms with E-state index in [1.165, 1.54) is 10.0 Å². The Balaban J connectivity index is 1.28. The Morgan fingerprint density at radius 2 is 1.73 bits per heavy atom. The second-order valence-corrected chi connectivity index (χ2v) is 10.1. The van der Waals surface area contributed by atoms with E-state index in [4.69, 9.17) is 9.84 Å². The molecule has 0 bridgehead atoms. The van der Waals surface area contributed by atoms with E-state index in [-0.39, 0.29) is 18.5 Å². The molecule has 0 saturated carbocycles. The molecule has 0 spiro atoms. The van der Waals surface area contributed by atoms with Crippen LogP contribution in [0.5, 0.6) is 5.75 Å². The highest BCUT2D eigenvalue weighted by Gasteiger charge is 2.55. The van der Waals surface area contributed by atoms with Gasteiger partial charge in [0.15, 0.2) is 12.1 Å². The molecule has 3 atom stereocenters. The molecule has 3 amide bonds. The normalized spacial score (nSPS) is 21.7. The summed E-state index contributed by atoms with van der Waals surface area (Å²) in [6.45, 7) is 3.82. The molecule has 40 heavy (non-hydrogen) atoms. The van der Waals surface area contributed by atoms with Crippen LogP contribution in [0.4, 0.5) is 5.69 Å². The van der Waals surface area contributed by atoms with Crippen LogP contribution in [0.3, 0.4) is 0 Å². The number of methoxy groups -OCH3 is 1. The van der Waals surface area contributed by atoms with Crippen LogP contribution in [0.2, 0.25) is 0 Å². The van der Waals surface area contributed by atoms with Crippen molar-refractivity contribution in [3.63, 3.8) is 0 Å². The second-order valence-electron chi connectivity index (χ2n) is 10.1. The van der Waals surface area contributed by atoms with Gasteiger partial charge in [-0.05, 0) is 49.2 Å². The minimum atomic E-state index is -0.981. The van der Waals surface area contributed by atoms with Crippen molar-refractivity contribution in [1.29, 1.82) is 0 Å². The van der Waals surface area contributed by atoms with Gasteiger partial charge in [-0.15, -0.1) is 0 Å². The highest BCUT2D eigenvalue weighted by molar-refractivity contribution is 6.25. The Labute approximate surface area is 231 Å². The first-order valence-corrected chi connectivity index (χ1v) is 13.1. The third-order valence-corrected chi connectivity index (χ3v) is 7.53. The van der Waals surface area contributed by atoms with Crippen molar-refractivity contribution in [3.05, 3.63) is 95.1 Å². The van der Waals surface area contributed by atoms with E-state index in [0.717, 1.165) is 32.9 Å². The van der Waals surface area contributed by atoms with Gasteiger partial charge in [-0.3, -0.25) is 19.4 Å². The molecule has 0 unspecified atom stereocenters. The number of nitrogens with zero attached hydrogens (tertiary/aromatic N) is 6. The number of fused-ring (bicyclic) bond motifs is 1. The summed E-state index contributed by atoms with van der Waals surface area (Å²) in [6, 6.07) is 20.1. The van der Waals surface area contributed by atoms with Gasteiger partial charge in [0.05, 0.1) is 24.6 Å². The number of rotatable bonds is 6. The smallest absolute Gasteiger partial charge is 0.264 e. The molecule has 6 rings (SSSR count). The van der Waals surface area contributed by atoms with Crippen molar-refractivity contribution in [2.45, 2.75) is 38.4 Å². The van der Waals surface area contributed by atoms with E-state index >= 15 is 0 Å². The zero-order valence-corrected chi connectivity index (χ0v) is 22.4. The lowest BCUT2D eigenvalue weighted by Gasteiger charge is -2.25. The molecule has 3 heterocycles. The minimum Gasteiger partial charge on any atom is -0.497 e. The van der Waals surface area contributed by atoms with Gasteiger partial charge in [0.25, 0.3) is 17.7 Å². The van der Waals surface area contributed by atoms with Crippen molar-refractivity contribution in [2.75, 3.05) is 18.6 Å². The van der Waals surface area contributed by atoms with Crippen LogP contribution in [0.25, 0.3) is 0 Å². The Morgan fingerprint density at radius 3 is 2.42 bits per heavy atom. The average molecular weight is 537 g/mol. The van der Waals surface area contributed by atoms with E-state index in [1.807, 2.05) is 56.3 Å². The quantitative estimate of drug-likeness (QED) is 0.443. The molecule has 1 saturated heterocycles. The van der Waals surface area contributed by atoms with E-state index in [0.29, 0.717) is 17.9 Å². The fourth-order valence-corrected chi connectivity index (χ4v) is 5.52. The van der Waals surface area contributed by atoms with Gasteiger partial charge in [-0.1, -0.05) is 59.3 Å². The Kier molecular flexibility index (Phi) is 6.37. The number of hydrazone groups is 1. The molecule has 3 aliphatic rings. The molecule has 0 aromatic heterocycles. The zero-order chi connectivity index (χ0) is 28.0. The number of amides is 3. The molecule has 3 aromatic carbocycles. The van der Waals surface area contributed by atoms with E-state index in [1.54, 1.807) is 31.4 Å². The van der Waals surface area contributed by atoms with Crippen LogP contribution in [-0.4, -0.2) is 59.2 Å². The minimum absolute atomic E-state index is 0.247. The number of anilines is 1. The van der Waals surface area contributed by atoms with E-state index < -0.39 is 23.9 Å². The van der Waals surface area contributed by atoms with Crippen LogP contribution >= 0.6 is 0 Å². The van der Waals surface area contributed by atoms with Crippen LogP contribution < -0.4 is 9.64 Å². The first-order chi connectivity index (χ1) is 19.4. The molecular weight excluding hydrogens is 508 g/mol. The maximum atomic E-state index is 13.8. The molecule has 10 nitrogen and oxygen atoms in total. The molecule has 0 N–H and O–H groups in total. The maximum Gasteiger partial charge on any atom is 0.264 e. The second kappa shape index (κ2) is 10.0. The lowest BCUT2D eigenvalue weighted by molar-refractivity contribution is -0.135. The van der Waals surface area contributed by atoms with Crippen LogP contribution in [0.15, 0.2) is 88.2 Å². The highest BCUT2D eigenvalue weighted by atomic mass is 16.5. The molecule has 10 heteroatoms. The van der Waals surface area contributed by atoms with Crippen molar-refractivity contribution >= 4 is 29.1 Å². The summed E-state index contributed by atoms with van der Waals surface area (Å²) in [4.78, 5) is 41.3. The van der Waals surface area contributed by atoms with Gasteiger partial charge in [0.2, 0.25) is 0 Å². The SMILES string of the molecule is COc1ccc([C@@H]2CC(c3ccc(C)cc3C)=NN2C(=O)CN2N=N[C@@H]3C(=O)N(c4ccccc4)C(=O)[C@@H]32)cc1. The number of carbonyl (C=O) groups is 3. The van der Waals surface area contributed by atoms with Gasteiger partial charge < -0.3 is 4.74 Å². The molecule has 3 aromatic rings. The largest absolute Gasteiger partial charge is 0.497 e. The van der Waals surface area contributed by atoms with Crippen molar-refractivity contribution in [2.24, 2.45) is 15.4 Å². The van der Waals surface area contributed by atoms with Gasteiger partial charge in [0, 0.05) is 12.0 Å². The summed E-state index contributed by atoms with van der Waals surface area (Å²) in [7, 11) is 1.60. The fourth-order valence-electron chi connectivity index (χ4n) is 5.52. The molecule has 0 aliphatic carbocycles. The Hall–Kier alpha value is -4.86. The van der Waals surface area contributed by atoms with E-state index in [9.17, 15) is 14.4 Å². The maximum absolute atomic E-state index is 13.8. The lowest BCUT2D eigenvalue weighted by atomic mass is 9.95. The molecule has 0 radical (unpaired) electrons. The third-order valence-electron chi connectivity index (χ3n) is 7.53. The van der Waals surface area contributed by atoms with Crippen LogP contribution in [0.1, 0.15) is 34.7 Å². The number of imide groups is 1. The van der Waals surface area contributed by atoms with Crippen molar-refractivity contribution in [1.82, 2.24) is 10.0 Å². The predicted molar refractivity (Wildman–Crippen MR) is 148 cm³/mol. The van der Waals surface area contributed by atoms with Gasteiger partial charge in [-0.2, -0.15) is 10.2 Å². The molecule has 1 fully saturated rings. The van der Waals surface area contributed by atoms with Crippen molar-refractivity contribution in [3.8, 4) is 5.75 Å².